The van der Waals surface area contributed by atoms with E-state index in [9.17, 15) is 5.11 Å². The van der Waals surface area contributed by atoms with Crippen LogP contribution in [-0.4, -0.2) is 22.4 Å². The van der Waals surface area contributed by atoms with Crippen molar-refractivity contribution in [3.8, 4) is 11.5 Å². The normalized spacial score (nSPS) is 10.6. The molecule has 0 unspecified atom stereocenters. The summed E-state index contributed by atoms with van der Waals surface area (Å²) < 4.78 is 5.72. The van der Waals surface area contributed by atoms with Crippen LogP contribution in [0.1, 0.15) is 11.1 Å². The molecule has 3 N–H and O–H groups in total. The summed E-state index contributed by atoms with van der Waals surface area (Å²) in [5.41, 5.74) is 2.12. The summed E-state index contributed by atoms with van der Waals surface area (Å²) in [5.74, 6) is 0.584. The second-order valence-electron chi connectivity index (χ2n) is 3.84. The molecule has 5 nitrogen and oxygen atoms in total. The smallest absolute Gasteiger partial charge is 0.172 e. The molecule has 96 valence electrons. The van der Waals surface area contributed by atoms with Crippen LogP contribution in [0.2, 0.25) is 0 Å². The van der Waals surface area contributed by atoms with E-state index >= 15 is 0 Å². The van der Waals surface area contributed by atoms with Crippen LogP contribution in [0.3, 0.4) is 0 Å². The van der Waals surface area contributed by atoms with Crippen molar-refractivity contribution >= 4 is 15.9 Å². The van der Waals surface area contributed by atoms with Crippen LogP contribution >= 0.6 is 15.9 Å². The first kappa shape index (κ1) is 12.9. The average Bonchev–Trinajstić information content (AvgIpc) is 2.86. The summed E-state index contributed by atoms with van der Waals surface area (Å²) in [6.45, 7) is 1.41. The van der Waals surface area contributed by atoms with Crippen molar-refractivity contribution < 1.29 is 9.84 Å². The number of phenols is 1. The molecule has 0 amide bonds. The number of methoxy groups -OCH3 is 1. The Morgan fingerprint density at radius 3 is 2.83 bits per heavy atom. The molecule has 0 aliphatic heterocycles. The van der Waals surface area contributed by atoms with Crippen LogP contribution in [-0.2, 0) is 13.1 Å². The Morgan fingerprint density at radius 1 is 1.39 bits per heavy atom. The molecule has 0 saturated heterocycles. The molecule has 18 heavy (non-hydrogen) atoms. The van der Waals surface area contributed by atoms with Gasteiger partial charge in [0.1, 0.15) is 0 Å². The van der Waals surface area contributed by atoms with Crippen LogP contribution in [0.25, 0.3) is 0 Å². The number of ether oxygens (including phenoxy) is 1. The third-order valence-corrected chi connectivity index (χ3v) is 3.13. The van der Waals surface area contributed by atoms with Crippen molar-refractivity contribution in [2.45, 2.75) is 13.1 Å². The van der Waals surface area contributed by atoms with E-state index in [4.69, 9.17) is 4.74 Å². The van der Waals surface area contributed by atoms with E-state index in [1.807, 2.05) is 18.3 Å². The maximum atomic E-state index is 9.69. The van der Waals surface area contributed by atoms with Gasteiger partial charge in [-0.15, -0.1) is 0 Å². The molecule has 6 heteroatoms. The first-order valence-corrected chi connectivity index (χ1v) is 6.23. The Bertz CT molecular complexity index is 514. The number of phenolic OH excluding ortho intramolecular Hbond substituents is 1. The van der Waals surface area contributed by atoms with Gasteiger partial charge in [-0.05, 0) is 33.6 Å². The van der Waals surface area contributed by atoms with Crippen LogP contribution in [0.15, 0.2) is 29.0 Å². The third kappa shape index (κ3) is 3.02. The molecule has 1 heterocycles. The van der Waals surface area contributed by atoms with Crippen molar-refractivity contribution in [2.24, 2.45) is 0 Å². The van der Waals surface area contributed by atoms with Gasteiger partial charge < -0.3 is 15.2 Å². The minimum absolute atomic E-state index is 0.121. The second-order valence-corrected chi connectivity index (χ2v) is 4.69. The number of halogens is 1. The van der Waals surface area contributed by atoms with Gasteiger partial charge in [0.05, 0.1) is 17.8 Å². The van der Waals surface area contributed by atoms with Gasteiger partial charge >= 0.3 is 0 Å². The number of hydrogen-bond donors (Lipinski definition) is 3. The largest absolute Gasteiger partial charge is 0.503 e. The van der Waals surface area contributed by atoms with E-state index in [0.29, 0.717) is 16.8 Å². The fraction of sp³-hybridized carbons (Fsp3) is 0.250. The van der Waals surface area contributed by atoms with Crippen molar-refractivity contribution in [3.05, 3.63) is 40.1 Å². The number of aromatic nitrogens is 2. The fourth-order valence-corrected chi connectivity index (χ4v) is 2.10. The van der Waals surface area contributed by atoms with Gasteiger partial charge in [0, 0.05) is 24.8 Å². The molecule has 1 aromatic carbocycles. The summed E-state index contributed by atoms with van der Waals surface area (Å²) in [4.78, 5) is 0. The Balaban J connectivity index is 1.99. The van der Waals surface area contributed by atoms with Crippen LogP contribution in [0.5, 0.6) is 11.5 Å². The molecule has 2 rings (SSSR count). The number of nitrogens with one attached hydrogen (secondary N) is 2. The maximum absolute atomic E-state index is 9.69. The van der Waals surface area contributed by atoms with Gasteiger partial charge in [-0.1, -0.05) is 0 Å². The lowest BCUT2D eigenvalue weighted by Gasteiger charge is -2.09. The Kier molecular flexibility index (Phi) is 4.22. The van der Waals surface area contributed by atoms with Crippen LogP contribution < -0.4 is 10.1 Å². The van der Waals surface area contributed by atoms with Crippen molar-refractivity contribution in [2.75, 3.05) is 7.11 Å². The second kappa shape index (κ2) is 5.88. The first-order chi connectivity index (χ1) is 8.70. The van der Waals surface area contributed by atoms with E-state index in [2.05, 4.69) is 31.4 Å². The number of H-pyrrole nitrogens is 1. The van der Waals surface area contributed by atoms with Gasteiger partial charge in [0.15, 0.2) is 11.5 Å². The van der Waals surface area contributed by atoms with Crippen LogP contribution in [0.4, 0.5) is 0 Å². The molecule has 0 spiro atoms. The lowest BCUT2D eigenvalue weighted by atomic mass is 10.2. The first-order valence-electron chi connectivity index (χ1n) is 5.44. The van der Waals surface area contributed by atoms with Gasteiger partial charge in [0.25, 0.3) is 0 Å². The molecule has 1 aromatic heterocycles. The minimum Gasteiger partial charge on any atom is -0.503 e. The lowest BCUT2D eigenvalue weighted by molar-refractivity contribution is 0.371. The Morgan fingerprint density at radius 2 is 2.17 bits per heavy atom. The number of rotatable bonds is 5. The fourth-order valence-electron chi connectivity index (χ4n) is 1.61. The predicted molar refractivity (Wildman–Crippen MR) is 71.5 cm³/mol. The zero-order chi connectivity index (χ0) is 13.0. The summed E-state index contributed by atoms with van der Waals surface area (Å²) in [5, 5.41) is 19.6. The number of benzene rings is 1. The maximum Gasteiger partial charge on any atom is 0.172 e. The van der Waals surface area contributed by atoms with Crippen molar-refractivity contribution in [3.63, 3.8) is 0 Å². The number of aromatic amines is 1. The molecular weight excluding hydrogens is 298 g/mol. The van der Waals surface area contributed by atoms with Gasteiger partial charge in [-0.2, -0.15) is 5.10 Å². The SMILES string of the molecule is COc1cc(CNCc2cn[nH]c2)cc(Br)c1O. The van der Waals surface area contributed by atoms with Gasteiger partial charge in [-0.3, -0.25) is 5.10 Å². The summed E-state index contributed by atoms with van der Waals surface area (Å²) in [7, 11) is 1.53. The van der Waals surface area contributed by atoms with Crippen LogP contribution in [0, 0.1) is 0 Å². The molecule has 0 radical (unpaired) electrons. The lowest BCUT2D eigenvalue weighted by Crippen LogP contribution is -2.12. The Labute approximate surface area is 113 Å². The van der Waals surface area contributed by atoms with E-state index in [-0.39, 0.29) is 5.75 Å². The molecule has 0 aliphatic carbocycles. The predicted octanol–water partition coefficient (Wildman–Crippen LogP) is 2.18. The number of aromatic hydroxyl groups is 1. The van der Waals surface area contributed by atoms with E-state index in [1.54, 1.807) is 6.20 Å². The Hall–Kier alpha value is -1.53. The van der Waals surface area contributed by atoms with E-state index in [1.165, 1.54) is 7.11 Å². The quantitative estimate of drug-likeness (QED) is 0.791. The van der Waals surface area contributed by atoms with Gasteiger partial charge in [-0.25, -0.2) is 0 Å². The third-order valence-electron chi connectivity index (χ3n) is 2.52. The highest BCUT2D eigenvalue weighted by Gasteiger charge is 2.08. The van der Waals surface area contributed by atoms with Crippen molar-refractivity contribution in [1.82, 2.24) is 15.5 Å². The standard InChI is InChI=1S/C12H14BrN3O2/c1-18-11-3-8(2-10(13)12(11)17)4-14-5-9-6-15-16-7-9/h2-3,6-7,14,17H,4-5H2,1H3,(H,15,16). The van der Waals surface area contributed by atoms with Crippen molar-refractivity contribution in [1.29, 1.82) is 0 Å². The summed E-state index contributed by atoms with van der Waals surface area (Å²) in [6.07, 6.45) is 3.63. The molecule has 0 atom stereocenters. The molecule has 0 aliphatic rings. The molecule has 0 bridgehead atoms. The number of nitrogens with zero attached hydrogens (tertiary/aromatic N) is 1. The molecular formula is C12H14BrN3O2. The summed E-state index contributed by atoms with van der Waals surface area (Å²) in [6, 6.07) is 3.67. The topological polar surface area (TPSA) is 70.2 Å². The molecule has 0 saturated carbocycles. The minimum atomic E-state index is 0.121. The number of hydrogen-bond acceptors (Lipinski definition) is 4. The van der Waals surface area contributed by atoms with Gasteiger partial charge in [0.2, 0.25) is 0 Å². The average molecular weight is 312 g/mol. The summed E-state index contributed by atoms with van der Waals surface area (Å²) >= 11 is 3.30. The zero-order valence-electron chi connectivity index (χ0n) is 9.90. The highest BCUT2D eigenvalue weighted by molar-refractivity contribution is 9.10. The monoisotopic (exact) mass is 311 g/mol. The van der Waals surface area contributed by atoms with E-state index < -0.39 is 0 Å². The highest BCUT2D eigenvalue weighted by atomic mass is 79.9. The zero-order valence-corrected chi connectivity index (χ0v) is 11.5. The highest BCUT2D eigenvalue weighted by Crippen LogP contribution is 2.35. The molecule has 2 aromatic rings. The molecule has 0 fully saturated rings. The van der Waals surface area contributed by atoms with E-state index in [0.717, 1.165) is 17.7 Å².